The molecule has 3 amide bonds. The van der Waals surface area contributed by atoms with Crippen LogP contribution in [0.5, 0.6) is 0 Å². The van der Waals surface area contributed by atoms with Gasteiger partial charge in [-0.2, -0.15) is 0 Å². The first kappa shape index (κ1) is 18.4. The van der Waals surface area contributed by atoms with Gasteiger partial charge in [0.1, 0.15) is 0 Å². The van der Waals surface area contributed by atoms with Crippen LogP contribution in [-0.2, 0) is 16.1 Å². The number of hydrogen-bond donors (Lipinski definition) is 1. The van der Waals surface area contributed by atoms with Crippen molar-refractivity contribution >= 4 is 34.6 Å². The van der Waals surface area contributed by atoms with Crippen molar-refractivity contribution in [2.45, 2.75) is 23.9 Å². The molecular weight excluding hydrogens is 356 g/mol. The Hall–Kier alpha value is -2.39. The highest BCUT2D eigenvalue weighted by molar-refractivity contribution is 8.00. The molecule has 0 unspecified atom stereocenters. The molecule has 0 spiro atoms. The molecule has 2 heterocycles. The topological polar surface area (TPSA) is 93.5 Å². The number of urea groups is 1. The van der Waals surface area contributed by atoms with Gasteiger partial charge in [0.25, 0.3) is 5.56 Å². The van der Waals surface area contributed by atoms with Gasteiger partial charge in [-0.05, 0) is 19.1 Å². The fraction of sp³-hybridized carbons (Fsp3) is 0.412. The van der Waals surface area contributed by atoms with E-state index in [1.165, 1.54) is 21.2 Å². The van der Waals surface area contributed by atoms with E-state index in [0.717, 1.165) is 0 Å². The minimum Gasteiger partial charge on any atom is -0.383 e. The predicted molar refractivity (Wildman–Crippen MR) is 98.3 cm³/mol. The van der Waals surface area contributed by atoms with Gasteiger partial charge in [0, 0.05) is 20.2 Å². The lowest BCUT2D eigenvalue weighted by atomic mass is 10.2. The summed E-state index contributed by atoms with van der Waals surface area (Å²) in [5.74, 6) is -0.300. The summed E-state index contributed by atoms with van der Waals surface area (Å²) in [6, 6.07) is 6.71. The molecule has 0 aliphatic carbocycles. The number of amides is 3. The van der Waals surface area contributed by atoms with Crippen molar-refractivity contribution < 1.29 is 14.3 Å². The van der Waals surface area contributed by atoms with Gasteiger partial charge in [-0.15, -0.1) is 0 Å². The van der Waals surface area contributed by atoms with Gasteiger partial charge in [0.05, 0.1) is 29.3 Å². The number of para-hydroxylation sites is 1. The number of nitrogens with zero attached hydrogens (tertiary/aromatic N) is 3. The maximum Gasteiger partial charge on any atom is 0.324 e. The van der Waals surface area contributed by atoms with Crippen molar-refractivity contribution in [3.05, 3.63) is 34.6 Å². The molecule has 1 aromatic heterocycles. The van der Waals surface area contributed by atoms with E-state index in [-0.39, 0.29) is 17.5 Å². The zero-order valence-corrected chi connectivity index (χ0v) is 15.4. The van der Waals surface area contributed by atoms with E-state index < -0.39 is 5.25 Å². The first-order valence-corrected chi connectivity index (χ1v) is 9.15. The molecule has 1 saturated heterocycles. The number of thioether (sulfide) groups is 1. The quantitative estimate of drug-likeness (QED) is 0.599. The molecular formula is C17H20N4O4S. The number of carbonyl (C=O) groups is 2. The van der Waals surface area contributed by atoms with E-state index in [1.807, 2.05) is 6.07 Å². The van der Waals surface area contributed by atoms with Gasteiger partial charge < -0.3 is 10.1 Å². The van der Waals surface area contributed by atoms with Crippen molar-refractivity contribution in [2.75, 3.05) is 26.8 Å². The van der Waals surface area contributed by atoms with Gasteiger partial charge >= 0.3 is 6.03 Å². The number of rotatable bonds is 6. The molecule has 1 fully saturated rings. The Morgan fingerprint density at radius 2 is 2.15 bits per heavy atom. The van der Waals surface area contributed by atoms with Crippen LogP contribution in [0.4, 0.5) is 4.79 Å². The SMILES string of the molecule is COCCn1c(S[C@H](C)C(=O)N2CCNC2=O)nc2ccccc2c1=O. The molecule has 0 saturated carbocycles. The van der Waals surface area contributed by atoms with E-state index in [2.05, 4.69) is 10.3 Å². The number of methoxy groups -OCH3 is 1. The fourth-order valence-electron chi connectivity index (χ4n) is 2.73. The summed E-state index contributed by atoms with van der Waals surface area (Å²) in [5, 5.41) is 3.01. The van der Waals surface area contributed by atoms with Crippen molar-refractivity contribution in [3.63, 3.8) is 0 Å². The minimum absolute atomic E-state index is 0.172. The highest BCUT2D eigenvalue weighted by Crippen LogP contribution is 2.24. The molecule has 3 rings (SSSR count). The van der Waals surface area contributed by atoms with Crippen LogP contribution in [-0.4, -0.2) is 58.4 Å². The Morgan fingerprint density at radius 3 is 2.85 bits per heavy atom. The van der Waals surface area contributed by atoms with Crippen LogP contribution in [0.2, 0.25) is 0 Å². The summed E-state index contributed by atoms with van der Waals surface area (Å²) >= 11 is 1.17. The lowest BCUT2D eigenvalue weighted by molar-refractivity contribution is -0.126. The average molecular weight is 376 g/mol. The zero-order valence-electron chi connectivity index (χ0n) is 14.6. The van der Waals surface area contributed by atoms with Crippen LogP contribution in [0, 0.1) is 0 Å². The van der Waals surface area contributed by atoms with Crippen molar-refractivity contribution in [2.24, 2.45) is 0 Å². The molecule has 1 aromatic carbocycles. The van der Waals surface area contributed by atoms with Crippen LogP contribution in [0.3, 0.4) is 0 Å². The molecule has 9 heteroatoms. The Labute approximate surface area is 154 Å². The molecule has 138 valence electrons. The number of hydrogen-bond acceptors (Lipinski definition) is 6. The summed E-state index contributed by atoms with van der Waals surface area (Å²) in [7, 11) is 1.56. The molecule has 1 N–H and O–H groups in total. The molecule has 0 bridgehead atoms. The smallest absolute Gasteiger partial charge is 0.324 e. The number of imide groups is 1. The lowest BCUT2D eigenvalue weighted by Crippen LogP contribution is -2.39. The zero-order chi connectivity index (χ0) is 18.7. The number of nitrogens with one attached hydrogen (secondary N) is 1. The largest absolute Gasteiger partial charge is 0.383 e. The normalized spacial score (nSPS) is 15.3. The Morgan fingerprint density at radius 1 is 1.38 bits per heavy atom. The highest BCUT2D eigenvalue weighted by atomic mass is 32.2. The third-order valence-corrected chi connectivity index (χ3v) is 5.18. The predicted octanol–water partition coefficient (Wildman–Crippen LogP) is 1.08. The van der Waals surface area contributed by atoms with Gasteiger partial charge in [-0.25, -0.2) is 9.78 Å². The van der Waals surface area contributed by atoms with Crippen LogP contribution in [0.1, 0.15) is 6.92 Å². The maximum absolute atomic E-state index is 12.8. The van der Waals surface area contributed by atoms with Gasteiger partial charge in [-0.1, -0.05) is 23.9 Å². The third kappa shape index (κ3) is 3.58. The number of fused-ring (bicyclic) bond motifs is 1. The highest BCUT2D eigenvalue weighted by Gasteiger charge is 2.31. The van der Waals surface area contributed by atoms with Crippen molar-refractivity contribution in [1.82, 2.24) is 19.8 Å². The van der Waals surface area contributed by atoms with Crippen LogP contribution in [0.25, 0.3) is 10.9 Å². The van der Waals surface area contributed by atoms with Crippen molar-refractivity contribution in [3.8, 4) is 0 Å². The number of aromatic nitrogens is 2. The summed E-state index contributed by atoms with van der Waals surface area (Å²) in [6.45, 7) is 3.20. The number of ether oxygens (including phenoxy) is 1. The fourth-order valence-corrected chi connectivity index (χ4v) is 3.72. The standard InChI is InChI=1S/C17H20N4O4S/c1-11(14(22)20-8-7-18-16(20)24)26-17-19-13-6-4-3-5-12(13)15(23)21(17)9-10-25-2/h3-6,11H,7-10H2,1-2H3,(H,18,24)/t11-/m1/s1. The molecule has 8 nitrogen and oxygen atoms in total. The third-order valence-electron chi connectivity index (χ3n) is 4.10. The van der Waals surface area contributed by atoms with E-state index in [9.17, 15) is 14.4 Å². The minimum atomic E-state index is -0.555. The summed E-state index contributed by atoms with van der Waals surface area (Å²) in [5.41, 5.74) is 0.404. The Balaban J connectivity index is 1.93. The molecule has 1 aliphatic heterocycles. The van der Waals surface area contributed by atoms with Crippen LogP contribution >= 0.6 is 11.8 Å². The van der Waals surface area contributed by atoms with Gasteiger partial charge in [0.2, 0.25) is 5.91 Å². The van der Waals surface area contributed by atoms with Crippen LogP contribution < -0.4 is 10.9 Å². The second kappa shape index (κ2) is 7.88. The Kier molecular flexibility index (Phi) is 5.58. The first-order chi connectivity index (χ1) is 12.5. The van der Waals surface area contributed by atoms with E-state index in [0.29, 0.717) is 42.3 Å². The second-order valence-corrected chi connectivity index (χ2v) is 7.15. The molecule has 1 atom stereocenters. The maximum atomic E-state index is 12.8. The van der Waals surface area contributed by atoms with E-state index >= 15 is 0 Å². The average Bonchev–Trinajstić information content (AvgIpc) is 3.06. The van der Waals surface area contributed by atoms with Gasteiger partial charge in [-0.3, -0.25) is 19.1 Å². The monoisotopic (exact) mass is 376 g/mol. The summed E-state index contributed by atoms with van der Waals surface area (Å²) < 4.78 is 6.61. The molecule has 1 aliphatic rings. The van der Waals surface area contributed by atoms with Gasteiger partial charge in [0.15, 0.2) is 5.16 Å². The first-order valence-electron chi connectivity index (χ1n) is 8.27. The molecule has 26 heavy (non-hydrogen) atoms. The summed E-state index contributed by atoms with van der Waals surface area (Å²) in [4.78, 5) is 42.8. The molecule has 0 radical (unpaired) electrons. The molecule has 2 aromatic rings. The van der Waals surface area contributed by atoms with Crippen molar-refractivity contribution in [1.29, 1.82) is 0 Å². The number of benzene rings is 1. The summed E-state index contributed by atoms with van der Waals surface area (Å²) in [6.07, 6.45) is 0. The lowest BCUT2D eigenvalue weighted by Gasteiger charge is -2.19. The van der Waals surface area contributed by atoms with E-state index in [4.69, 9.17) is 4.74 Å². The number of carbonyl (C=O) groups excluding carboxylic acids is 2. The van der Waals surface area contributed by atoms with Crippen LogP contribution in [0.15, 0.2) is 34.2 Å². The second-order valence-electron chi connectivity index (χ2n) is 5.84. The Bertz CT molecular complexity index is 898. The van der Waals surface area contributed by atoms with E-state index in [1.54, 1.807) is 32.2 Å².